The van der Waals surface area contributed by atoms with Crippen LogP contribution in [-0.4, -0.2) is 67.4 Å². The molecule has 0 aromatic heterocycles. The smallest absolute Gasteiger partial charge is 0.319 e. The van der Waals surface area contributed by atoms with E-state index in [-0.39, 0.29) is 11.8 Å². The molecule has 1 saturated heterocycles. The molecule has 0 bridgehead atoms. The third kappa shape index (κ3) is 6.48. The van der Waals surface area contributed by atoms with Gasteiger partial charge in [0, 0.05) is 50.5 Å². The van der Waals surface area contributed by atoms with Gasteiger partial charge in [-0.25, -0.2) is 4.79 Å². The number of piperazine rings is 1. The largest absolute Gasteiger partial charge is 0.338 e. The van der Waals surface area contributed by atoms with E-state index < -0.39 is 0 Å². The van der Waals surface area contributed by atoms with Crippen molar-refractivity contribution in [2.24, 2.45) is 5.92 Å². The van der Waals surface area contributed by atoms with E-state index in [0.29, 0.717) is 23.7 Å². The lowest BCUT2D eigenvalue weighted by atomic mass is 10.1. The Hall–Kier alpha value is -1.92. The van der Waals surface area contributed by atoms with Gasteiger partial charge in [0.15, 0.2) is 5.78 Å². The van der Waals surface area contributed by atoms with E-state index >= 15 is 0 Å². The Morgan fingerprint density at radius 3 is 2.48 bits per heavy atom. The van der Waals surface area contributed by atoms with Crippen molar-refractivity contribution in [3.05, 3.63) is 29.8 Å². The number of nitrogens with one attached hydrogen (secondary N) is 2. The van der Waals surface area contributed by atoms with Gasteiger partial charge >= 0.3 is 6.03 Å². The minimum atomic E-state index is -0.233. The molecule has 2 amide bonds. The second kappa shape index (κ2) is 9.53. The number of likely N-dealkylation sites (N-methyl/N-ethyl adjacent to an activating group) is 1. The third-order valence-corrected chi connectivity index (χ3v) is 4.62. The Morgan fingerprint density at radius 1 is 1.16 bits per heavy atom. The molecular formula is C19H30N4O2. The van der Waals surface area contributed by atoms with E-state index in [1.54, 1.807) is 24.3 Å². The number of benzene rings is 1. The van der Waals surface area contributed by atoms with Crippen LogP contribution in [0.4, 0.5) is 10.5 Å². The van der Waals surface area contributed by atoms with Crippen molar-refractivity contribution in [3.8, 4) is 0 Å². The lowest BCUT2D eigenvalue weighted by molar-refractivity contribution is 0.101. The summed E-state index contributed by atoms with van der Waals surface area (Å²) in [6.45, 7) is 13.1. The lowest BCUT2D eigenvalue weighted by Gasteiger charge is -2.35. The highest BCUT2D eigenvalue weighted by Crippen LogP contribution is 2.11. The maximum Gasteiger partial charge on any atom is 0.319 e. The summed E-state index contributed by atoms with van der Waals surface area (Å²) >= 11 is 0. The lowest BCUT2D eigenvalue weighted by Crippen LogP contribution is -2.48. The fourth-order valence-electron chi connectivity index (χ4n) is 3.05. The molecule has 0 radical (unpaired) electrons. The van der Waals surface area contributed by atoms with Crippen molar-refractivity contribution >= 4 is 17.5 Å². The average Bonchev–Trinajstić information content (AvgIpc) is 2.61. The van der Waals surface area contributed by atoms with E-state index in [0.717, 1.165) is 39.3 Å². The van der Waals surface area contributed by atoms with Gasteiger partial charge in [-0.3, -0.25) is 4.79 Å². The standard InChI is InChI=1S/C19H30N4O2/c1-4-22-8-10-23(11-9-22)14-15(2)13-20-19(25)21-18-7-5-6-17(12-18)16(3)24/h5-7,12,15H,4,8-11,13-14H2,1-3H3,(H2,20,21,25)/t15-/m1/s1. The van der Waals surface area contributed by atoms with Crippen LogP contribution >= 0.6 is 0 Å². The summed E-state index contributed by atoms with van der Waals surface area (Å²) in [6.07, 6.45) is 0. The van der Waals surface area contributed by atoms with Gasteiger partial charge in [0.1, 0.15) is 0 Å². The second-order valence-corrected chi connectivity index (χ2v) is 6.81. The highest BCUT2D eigenvalue weighted by Gasteiger charge is 2.17. The average molecular weight is 346 g/mol. The molecule has 0 spiro atoms. The molecule has 2 rings (SSSR count). The summed E-state index contributed by atoms with van der Waals surface area (Å²) in [5, 5.41) is 5.70. The Labute approximate surface area is 150 Å². The molecule has 1 aliphatic rings. The zero-order valence-electron chi connectivity index (χ0n) is 15.5. The molecule has 1 fully saturated rings. The number of Topliss-reactive ketones (excluding diaryl/α,β-unsaturated/α-hetero) is 1. The van der Waals surface area contributed by atoms with Gasteiger partial charge in [-0.2, -0.15) is 0 Å². The van der Waals surface area contributed by atoms with Crippen molar-refractivity contribution in [2.45, 2.75) is 20.8 Å². The molecule has 2 N–H and O–H groups in total. The molecule has 138 valence electrons. The number of urea groups is 1. The van der Waals surface area contributed by atoms with Crippen LogP contribution in [0, 0.1) is 5.92 Å². The van der Waals surface area contributed by atoms with E-state index in [9.17, 15) is 9.59 Å². The quantitative estimate of drug-likeness (QED) is 0.744. The predicted octanol–water partition coefficient (Wildman–Crippen LogP) is 2.28. The van der Waals surface area contributed by atoms with Crippen LogP contribution in [-0.2, 0) is 0 Å². The van der Waals surface area contributed by atoms with Crippen LogP contribution in [0.3, 0.4) is 0 Å². The fraction of sp³-hybridized carbons (Fsp3) is 0.579. The molecule has 6 nitrogen and oxygen atoms in total. The zero-order chi connectivity index (χ0) is 18.2. The van der Waals surface area contributed by atoms with Crippen LogP contribution in [0.2, 0.25) is 0 Å². The minimum absolute atomic E-state index is 0.0131. The number of amides is 2. The molecule has 1 atom stereocenters. The molecular weight excluding hydrogens is 316 g/mol. The van der Waals surface area contributed by atoms with Crippen LogP contribution in [0.5, 0.6) is 0 Å². The van der Waals surface area contributed by atoms with Gasteiger partial charge in [0.05, 0.1) is 0 Å². The van der Waals surface area contributed by atoms with Crippen LogP contribution in [0.1, 0.15) is 31.1 Å². The first-order valence-electron chi connectivity index (χ1n) is 9.08. The molecule has 0 saturated carbocycles. The van der Waals surface area contributed by atoms with Gasteiger partial charge in [-0.1, -0.05) is 26.0 Å². The topological polar surface area (TPSA) is 64.7 Å². The summed E-state index contributed by atoms with van der Waals surface area (Å²) in [5.41, 5.74) is 1.23. The SMILES string of the molecule is CCN1CCN(C[C@H](C)CNC(=O)Nc2cccc(C(C)=O)c2)CC1. The highest BCUT2D eigenvalue weighted by atomic mass is 16.2. The number of ketones is 1. The molecule has 1 aromatic carbocycles. The summed E-state index contributed by atoms with van der Waals surface area (Å²) in [6, 6.07) is 6.75. The van der Waals surface area contributed by atoms with Crippen molar-refractivity contribution in [2.75, 3.05) is 51.1 Å². The number of carbonyl (C=O) groups excluding carboxylic acids is 2. The van der Waals surface area contributed by atoms with E-state index in [2.05, 4.69) is 34.3 Å². The first kappa shape index (κ1) is 19.4. The van der Waals surface area contributed by atoms with E-state index in [1.807, 2.05) is 0 Å². The van der Waals surface area contributed by atoms with Gasteiger partial charge in [0.2, 0.25) is 0 Å². The number of rotatable bonds is 7. The Bertz CT molecular complexity index is 583. The molecule has 0 unspecified atom stereocenters. The Morgan fingerprint density at radius 2 is 1.84 bits per heavy atom. The van der Waals surface area contributed by atoms with Crippen molar-refractivity contribution in [1.82, 2.24) is 15.1 Å². The third-order valence-electron chi connectivity index (χ3n) is 4.62. The van der Waals surface area contributed by atoms with Gasteiger partial charge in [-0.05, 0) is 31.5 Å². The van der Waals surface area contributed by atoms with Crippen LogP contribution in [0.25, 0.3) is 0 Å². The highest BCUT2D eigenvalue weighted by molar-refractivity contribution is 5.96. The number of carbonyl (C=O) groups is 2. The molecule has 1 aliphatic heterocycles. The molecule has 6 heteroatoms. The summed E-state index contributed by atoms with van der Waals surface area (Å²) in [4.78, 5) is 28.4. The van der Waals surface area contributed by atoms with Crippen molar-refractivity contribution in [3.63, 3.8) is 0 Å². The summed E-state index contributed by atoms with van der Waals surface area (Å²) in [5.74, 6) is 0.378. The first-order valence-corrected chi connectivity index (χ1v) is 9.08. The molecule has 1 heterocycles. The Kier molecular flexibility index (Phi) is 7.40. The molecule has 0 aliphatic carbocycles. The number of hydrogen-bond acceptors (Lipinski definition) is 4. The second-order valence-electron chi connectivity index (χ2n) is 6.81. The number of hydrogen-bond donors (Lipinski definition) is 2. The van der Waals surface area contributed by atoms with E-state index in [1.165, 1.54) is 6.92 Å². The Balaban J connectivity index is 1.71. The maximum atomic E-state index is 12.0. The van der Waals surface area contributed by atoms with Crippen molar-refractivity contribution < 1.29 is 9.59 Å². The first-order chi connectivity index (χ1) is 12.0. The zero-order valence-corrected chi connectivity index (χ0v) is 15.5. The van der Waals surface area contributed by atoms with E-state index in [4.69, 9.17) is 0 Å². The summed E-state index contributed by atoms with van der Waals surface area (Å²) < 4.78 is 0. The summed E-state index contributed by atoms with van der Waals surface area (Å²) in [7, 11) is 0. The normalized spacial score (nSPS) is 17.1. The van der Waals surface area contributed by atoms with Gasteiger partial charge in [-0.15, -0.1) is 0 Å². The predicted molar refractivity (Wildman–Crippen MR) is 101 cm³/mol. The fourth-order valence-corrected chi connectivity index (χ4v) is 3.05. The molecule has 1 aromatic rings. The molecule has 25 heavy (non-hydrogen) atoms. The monoisotopic (exact) mass is 346 g/mol. The minimum Gasteiger partial charge on any atom is -0.338 e. The number of nitrogens with zero attached hydrogens (tertiary/aromatic N) is 2. The van der Waals surface area contributed by atoms with Gasteiger partial charge < -0.3 is 20.4 Å². The van der Waals surface area contributed by atoms with Crippen LogP contribution in [0.15, 0.2) is 24.3 Å². The number of anilines is 1. The maximum absolute atomic E-state index is 12.0. The van der Waals surface area contributed by atoms with Crippen LogP contribution < -0.4 is 10.6 Å². The van der Waals surface area contributed by atoms with Gasteiger partial charge in [0.25, 0.3) is 0 Å². The van der Waals surface area contributed by atoms with Crippen molar-refractivity contribution in [1.29, 1.82) is 0 Å².